The molecule has 1 aliphatic carbocycles. The molecule has 4 rings (SSSR count). The summed E-state index contributed by atoms with van der Waals surface area (Å²) in [6.45, 7) is 12.3. The molecule has 1 atom stereocenters. The van der Waals surface area contributed by atoms with E-state index < -0.39 is 0 Å². The largest absolute Gasteiger partial charge is 0.394 e. The topological polar surface area (TPSA) is 112 Å². The van der Waals surface area contributed by atoms with Crippen molar-refractivity contribution >= 4 is 23.1 Å². The molecule has 1 saturated heterocycles. The maximum Gasteiger partial charge on any atom is 0.258 e. The Bertz CT molecular complexity index is 1010. The van der Waals surface area contributed by atoms with E-state index in [0.29, 0.717) is 28.4 Å². The maximum atomic E-state index is 13.4. The van der Waals surface area contributed by atoms with Crippen molar-refractivity contribution in [1.29, 1.82) is 0 Å². The molecule has 1 unspecified atom stereocenters. The fraction of sp³-hybridized carbons (Fsp3) is 0.600. The number of anilines is 2. The van der Waals surface area contributed by atoms with Crippen LogP contribution in [0, 0.1) is 11.3 Å². The Balaban J connectivity index is 0.00000105. The third-order valence-electron chi connectivity index (χ3n) is 7.77. The van der Waals surface area contributed by atoms with Crippen molar-refractivity contribution in [2.75, 3.05) is 56.9 Å². The zero-order chi connectivity index (χ0) is 29.0. The van der Waals surface area contributed by atoms with Gasteiger partial charge in [-0.1, -0.05) is 32.9 Å². The van der Waals surface area contributed by atoms with Crippen LogP contribution in [0.1, 0.15) is 69.7 Å². The molecular formula is C30H49N5O4W. The Hall–Kier alpha value is -2.19. The number of hydroxylamine groups is 1. The predicted octanol–water partition coefficient (Wildman–Crippen LogP) is 4.40. The zero-order valence-electron chi connectivity index (χ0n) is 24.9. The number of hydrogen-bond acceptors (Lipinski definition) is 8. The van der Waals surface area contributed by atoms with Crippen LogP contribution < -0.4 is 15.3 Å². The Labute approximate surface area is 254 Å². The van der Waals surface area contributed by atoms with Crippen molar-refractivity contribution < 1.29 is 41.3 Å². The molecule has 1 aromatic carbocycles. The van der Waals surface area contributed by atoms with Crippen LogP contribution in [0.4, 0.5) is 11.4 Å². The van der Waals surface area contributed by atoms with Gasteiger partial charge in [-0.15, -0.1) is 0 Å². The second-order valence-electron chi connectivity index (χ2n) is 10.2. The van der Waals surface area contributed by atoms with E-state index in [9.17, 15) is 10.0 Å². The number of fused-ring (bicyclic) bond motifs is 5. The molecule has 1 aromatic rings. The second-order valence-corrected chi connectivity index (χ2v) is 10.2. The molecule has 3 aliphatic rings. The first kappa shape index (κ1) is 35.8. The van der Waals surface area contributed by atoms with E-state index in [-0.39, 0.29) is 40.2 Å². The monoisotopic (exact) mass is 727 g/mol. The summed E-state index contributed by atoms with van der Waals surface area (Å²) >= 11 is 0. The zero-order valence-corrected chi connectivity index (χ0v) is 27.8. The summed E-state index contributed by atoms with van der Waals surface area (Å²) in [5.74, 6) is 1.76. The smallest absolute Gasteiger partial charge is 0.258 e. The van der Waals surface area contributed by atoms with Crippen LogP contribution in [0.25, 0.3) is 0 Å². The number of rotatable bonds is 3. The maximum absolute atomic E-state index is 13.4. The molecule has 2 fully saturated rings. The first-order chi connectivity index (χ1) is 18.7. The minimum atomic E-state index is -0.206. The van der Waals surface area contributed by atoms with E-state index in [1.807, 2.05) is 26.8 Å². The van der Waals surface area contributed by atoms with Gasteiger partial charge in [0.1, 0.15) is 11.7 Å². The molecule has 4 N–H and O–H groups in total. The molecule has 1 saturated carbocycles. The third-order valence-corrected chi connectivity index (χ3v) is 7.77. The van der Waals surface area contributed by atoms with E-state index in [2.05, 4.69) is 33.7 Å². The van der Waals surface area contributed by atoms with Gasteiger partial charge >= 0.3 is 0 Å². The average Bonchev–Trinajstić information content (AvgIpc) is 3.72. The average molecular weight is 728 g/mol. The van der Waals surface area contributed by atoms with E-state index in [0.717, 1.165) is 42.6 Å². The standard InChI is InChI=1S/C26H37N5O2.C2H6O2.C2H6.W/c1-5-8-24-27-19(2)29(3)15-7-6-9-20-18-31(16-14-26(20)12-13-26)23-17-21(30(4)33)10-11-22(23)25(32)28-24;3-1-2-4;1-2;/h5,8,10-11,17,20,33H,1,6-7,9,12-16,18H2,2-4H3,(H,28,32);3-4H,1-2H2;1-2H3;/b24-8+,27-19+;;;. The summed E-state index contributed by atoms with van der Waals surface area (Å²) < 4.78 is 0. The van der Waals surface area contributed by atoms with Crippen molar-refractivity contribution in [3.8, 4) is 0 Å². The Morgan fingerprint density at radius 2 is 1.85 bits per heavy atom. The Morgan fingerprint density at radius 1 is 1.18 bits per heavy atom. The van der Waals surface area contributed by atoms with Gasteiger partial charge in [-0.05, 0) is 74.6 Å². The number of nitrogens with one attached hydrogen (secondary N) is 1. The van der Waals surface area contributed by atoms with Gasteiger partial charge in [-0.2, -0.15) is 0 Å². The Kier molecular flexibility index (Phi) is 15.8. The van der Waals surface area contributed by atoms with Gasteiger partial charge in [0, 0.05) is 54.8 Å². The van der Waals surface area contributed by atoms with Crippen LogP contribution in [0.5, 0.6) is 0 Å². The van der Waals surface area contributed by atoms with Crippen molar-refractivity contribution in [2.45, 2.75) is 59.3 Å². The van der Waals surface area contributed by atoms with Crippen LogP contribution in [-0.2, 0) is 21.1 Å². The minimum Gasteiger partial charge on any atom is -0.394 e. The number of amidine groups is 1. The van der Waals surface area contributed by atoms with E-state index in [4.69, 9.17) is 10.2 Å². The normalized spacial score (nSPS) is 22.3. The summed E-state index contributed by atoms with van der Waals surface area (Å²) in [7, 11) is 3.66. The van der Waals surface area contributed by atoms with Gasteiger partial charge in [0.05, 0.1) is 30.2 Å². The number of nitrogens with zero attached hydrogens (tertiary/aromatic N) is 4. The SMILES string of the molecule is C=C/C=C1\N=C(/C)N(C)CCCCC2CN(CCC23CC3)c2cc(N(C)O)ccc2C(=O)N1.CC.OCCO.[W]. The number of carbonyl (C=O) groups excluding carboxylic acids is 1. The molecule has 0 aromatic heterocycles. The van der Waals surface area contributed by atoms with Crippen LogP contribution in [0.3, 0.4) is 0 Å². The number of carbonyl (C=O) groups is 1. The quantitative estimate of drug-likeness (QED) is 0.342. The molecule has 1 amide bonds. The first-order valence-electron chi connectivity index (χ1n) is 14.2. The summed E-state index contributed by atoms with van der Waals surface area (Å²) in [5.41, 5.74) is 2.63. The first-order valence-corrected chi connectivity index (χ1v) is 14.2. The molecule has 0 radical (unpaired) electrons. The minimum absolute atomic E-state index is 0. The van der Waals surface area contributed by atoms with Crippen molar-refractivity contribution in [3.05, 3.63) is 48.3 Å². The number of hydrogen-bond donors (Lipinski definition) is 4. The number of amides is 1. The van der Waals surface area contributed by atoms with E-state index >= 15 is 0 Å². The van der Waals surface area contributed by atoms with Gasteiger partial charge in [-0.3, -0.25) is 15.1 Å². The molecule has 40 heavy (non-hydrogen) atoms. The van der Waals surface area contributed by atoms with E-state index in [1.54, 1.807) is 31.3 Å². The molecular weight excluding hydrogens is 678 g/mol. The van der Waals surface area contributed by atoms with E-state index in [1.165, 1.54) is 32.1 Å². The molecule has 1 spiro atoms. The van der Waals surface area contributed by atoms with Crippen LogP contribution in [0.15, 0.2) is 47.7 Å². The molecule has 10 heteroatoms. The molecule has 9 nitrogen and oxygen atoms in total. The van der Waals surface area contributed by atoms with Gasteiger partial charge in [0.25, 0.3) is 5.91 Å². The summed E-state index contributed by atoms with van der Waals surface area (Å²) in [6.07, 6.45) is 10.7. The van der Waals surface area contributed by atoms with Crippen LogP contribution in [0.2, 0.25) is 0 Å². The summed E-state index contributed by atoms with van der Waals surface area (Å²) in [5, 5.41) is 29.4. The number of piperidine rings is 1. The van der Waals surface area contributed by atoms with Gasteiger partial charge in [-0.25, -0.2) is 4.99 Å². The molecule has 2 bridgehead atoms. The Morgan fingerprint density at radius 3 is 2.42 bits per heavy atom. The third kappa shape index (κ3) is 9.72. The van der Waals surface area contributed by atoms with Gasteiger partial charge in [0.15, 0.2) is 0 Å². The van der Waals surface area contributed by atoms with Gasteiger partial charge in [0.2, 0.25) is 0 Å². The molecule has 224 valence electrons. The second kappa shape index (κ2) is 17.6. The number of aliphatic hydroxyl groups is 2. The van der Waals surface area contributed by atoms with Crippen molar-refractivity contribution in [3.63, 3.8) is 0 Å². The van der Waals surface area contributed by atoms with Crippen molar-refractivity contribution in [1.82, 2.24) is 10.2 Å². The molecule has 2 aliphatic heterocycles. The van der Waals surface area contributed by atoms with Gasteiger partial charge < -0.3 is 25.3 Å². The summed E-state index contributed by atoms with van der Waals surface area (Å²) in [4.78, 5) is 22.6. The van der Waals surface area contributed by atoms with Crippen LogP contribution in [-0.4, -0.2) is 79.0 Å². The summed E-state index contributed by atoms with van der Waals surface area (Å²) in [6, 6.07) is 5.50. The number of aliphatic hydroxyl groups excluding tert-OH is 2. The molecule has 2 heterocycles. The fourth-order valence-electron chi connectivity index (χ4n) is 5.29. The predicted molar refractivity (Wildman–Crippen MR) is 159 cm³/mol. The van der Waals surface area contributed by atoms with Crippen molar-refractivity contribution in [2.24, 2.45) is 16.3 Å². The number of aliphatic imine (C=N–C) groups is 1. The number of allylic oxidation sites excluding steroid dienone is 2. The van der Waals surface area contributed by atoms with Crippen LogP contribution >= 0.6 is 0 Å². The fourth-order valence-corrected chi connectivity index (χ4v) is 5.29. The number of benzene rings is 1.